The van der Waals surface area contributed by atoms with Gasteiger partial charge in [0.15, 0.2) is 0 Å². The Labute approximate surface area is 232 Å². The lowest BCUT2D eigenvalue weighted by Crippen LogP contribution is -2.34. The first-order chi connectivity index (χ1) is 18.3. The molecule has 0 aliphatic carbocycles. The number of ether oxygens (including phenoxy) is 1. The summed E-state index contributed by atoms with van der Waals surface area (Å²) in [6, 6.07) is 7.55. The number of alkyl halides is 3. The van der Waals surface area contributed by atoms with E-state index in [0.29, 0.717) is 24.4 Å². The van der Waals surface area contributed by atoms with E-state index in [4.69, 9.17) is 4.74 Å². The SMILES string of the molecule is C=Nc1ccc(C#N)cc1N(C)CC(C)(CCCCC(/C=C\CC)=C/N=C(C)C(F)(F)F)CCCOC(=C)C. The molecule has 1 aromatic rings. The molecule has 0 heterocycles. The molecule has 0 amide bonds. The number of hydrogen-bond acceptors (Lipinski definition) is 5. The van der Waals surface area contributed by atoms with Crippen LogP contribution in [0.5, 0.6) is 0 Å². The van der Waals surface area contributed by atoms with Crippen molar-refractivity contribution in [3.8, 4) is 6.07 Å². The summed E-state index contributed by atoms with van der Waals surface area (Å²) in [5, 5.41) is 9.37. The molecule has 0 aromatic heterocycles. The number of hydrogen-bond donors (Lipinski definition) is 0. The van der Waals surface area contributed by atoms with Crippen molar-refractivity contribution in [3.63, 3.8) is 0 Å². The monoisotopic (exact) mass is 544 g/mol. The summed E-state index contributed by atoms with van der Waals surface area (Å²) < 4.78 is 44.2. The van der Waals surface area contributed by atoms with Crippen LogP contribution in [0.2, 0.25) is 0 Å². The van der Waals surface area contributed by atoms with Crippen molar-refractivity contribution in [2.45, 2.75) is 78.8 Å². The number of aliphatic imine (C=N–C) groups is 2. The standard InChI is InChI=1S/C31H43F3N4O/c1-8-9-13-26(22-37-25(4)31(32,33)34)14-10-11-17-30(5,18-12-19-39-24(2)3)23-38(7)29-20-27(21-35)15-16-28(29)36-6/h9,13,15-16,20,22H,2,6,8,10-12,14,17-19,23H2,1,3-5,7H3/b13-9-,26-22+,37-25?. The molecule has 0 aliphatic heterocycles. The van der Waals surface area contributed by atoms with Crippen LogP contribution in [0.1, 0.15) is 78.2 Å². The van der Waals surface area contributed by atoms with Gasteiger partial charge >= 0.3 is 6.18 Å². The topological polar surface area (TPSA) is 61.0 Å². The van der Waals surface area contributed by atoms with Crippen LogP contribution in [0, 0.1) is 16.7 Å². The Morgan fingerprint density at radius 2 is 1.87 bits per heavy atom. The van der Waals surface area contributed by atoms with Crippen LogP contribution in [0.3, 0.4) is 0 Å². The van der Waals surface area contributed by atoms with Gasteiger partial charge in [-0.2, -0.15) is 18.4 Å². The molecule has 0 radical (unpaired) electrons. The molecule has 1 atom stereocenters. The lowest BCUT2D eigenvalue weighted by molar-refractivity contribution is -0.0591. The summed E-state index contributed by atoms with van der Waals surface area (Å²) in [5.74, 6) is 0.687. The molecule has 0 aliphatic rings. The molecule has 8 heteroatoms. The maximum atomic E-state index is 12.9. The summed E-state index contributed by atoms with van der Waals surface area (Å²) in [7, 11) is 1.99. The van der Waals surface area contributed by atoms with Crippen LogP contribution in [-0.4, -0.2) is 38.8 Å². The molecule has 0 N–H and O–H groups in total. The molecule has 0 saturated carbocycles. The molecular weight excluding hydrogens is 501 g/mol. The minimum Gasteiger partial charge on any atom is -0.499 e. The minimum atomic E-state index is -4.43. The van der Waals surface area contributed by atoms with Crippen LogP contribution in [-0.2, 0) is 4.74 Å². The maximum absolute atomic E-state index is 12.9. The van der Waals surface area contributed by atoms with Gasteiger partial charge in [0.05, 0.1) is 35.4 Å². The van der Waals surface area contributed by atoms with Crippen molar-refractivity contribution < 1.29 is 17.9 Å². The highest BCUT2D eigenvalue weighted by atomic mass is 19.4. The van der Waals surface area contributed by atoms with Crippen LogP contribution >= 0.6 is 0 Å². The largest absolute Gasteiger partial charge is 0.499 e. The van der Waals surface area contributed by atoms with E-state index in [1.807, 2.05) is 39.1 Å². The smallest absolute Gasteiger partial charge is 0.429 e. The van der Waals surface area contributed by atoms with Crippen LogP contribution in [0.4, 0.5) is 24.5 Å². The fraction of sp³-hybridized carbons (Fsp3) is 0.516. The van der Waals surface area contributed by atoms with E-state index in [1.54, 1.807) is 12.1 Å². The number of rotatable bonds is 17. The fourth-order valence-electron chi connectivity index (χ4n) is 4.31. The van der Waals surface area contributed by atoms with Crippen LogP contribution in [0.25, 0.3) is 0 Å². The summed E-state index contributed by atoms with van der Waals surface area (Å²) in [5.41, 5.74) is 1.97. The zero-order chi connectivity index (χ0) is 29.5. The summed E-state index contributed by atoms with van der Waals surface area (Å²) in [6.45, 7) is 15.8. The van der Waals surface area contributed by atoms with Crippen molar-refractivity contribution in [3.05, 3.63) is 60.0 Å². The predicted octanol–water partition coefficient (Wildman–Crippen LogP) is 9.10. The van der Waals surface area contributed by atoms with Gasteiger partial charge in [0.1, 0.15) is 5.71 Å². The van der Waals surface area contributed by atoms with Gasteiger partial charge in [-0.25, -0.2) is 0 Å². The van der Waals surface area contributed by atoms with Crippen molar-refractivity contribution in [1.82, 2.24) is 0 Å². The first kappa shape index (κ1) is 33.7. The summed E-state index contributed by atoms with van der Waals surface area (Å²) >= 11 is 0. The average molecular weight is 545 g/mol. The Hall–Kier alpha value is -3.34. The molecule has 5 nitrogen and oxygen atoms in total. The van der Waals surface area contributed by atoms with Gasteiger partial charge in [-0.15, -0.1) is 0 Å². The molecule has 1 unspecified atom stereocenters. The lowest BCUT2D eigenvalue weighted by Gasteiger charge is -2.36. The lowest BCUT2D eigenvalue weighted by atomic mass is 9.79. The highest BCUT2D eigenvalue weighted by Gasteiger charge is 2.31. The number of unbranched alkanes of at least 4 members (excludes halogenated alkanes) is 1. The first-order valence-corrected chi connectivity index (χ1v) is 13.3. The second-order valence-corrected chi connectivity index (χ2v) is 10.2. The van der Waals surface area contributed by atoms with E-state index >= 15 is 0 Å². The van der Waals surface area contributed by atoms with Crippen molar-refractivity contribution in [2.24, 2.45) is 15.4 Å². The maximum Gasteiger partial charge on any atom is 0.429 e. The first-order valence-electron chi connectivity index (χ1n) is 13.3. The van der Waals surface area contributed by atoms with Gasteiger partial charge in [-0.3, -0.25) is 9.98 Å². The zero-order valence-corrected chi connectivity index (χ0v) is 24.1. The summed E-state index contributed by atoms with van der Waals surface area (Å²) in [4.78, 5) is 9.91. The highest BCUT2D eigenvalue weighted by Crippen LogP contribution is 2.36. The van der Waals surface area contributed by atoms with Crippen LogP contribution in [0.15, 0.2) is 64.4 Å². The number of halogens is 3. The van der Waals surface area contributed by atoms with E-state index in [1.165, 1.54) is 6.20 Å². The third kappa shape index (κ3) is 12.8. The molecule has 39 heavy (non-hydrogen) atoms. The minimum absolute atomic E-state index is 0.0809. The van der Waals surface area contributed by atoms with Crippen molar-refractivity contribution >= 4 is 23.8 Å². The van der Waals surface area contributed by atoms with Gasteiger partial charge in [-0.05, 0) is 88.3 Å². The Balaban J connectivity index is 3.01. The number of allylic oxidation sites excluding steroid dienone is 4. The zero-order valence-electron chi connectivity index (χ0n) is 24.1. The van der Waals surface area contributed by atoms with Gasteiger partial charge in [-0.1, -0.05) is 39.0 Å². The Morgan fingerprint density at radius 3 is 2.46 bits per heavy atom. The summed E-state index contributed by atoms with van der Waals surface area (Å²) in [6.07, 6.45) is 6.55. The molecule has 0 saturated heterocycles. The molecule has 1 aromatic carbocycles. The molecule has 1 rings (SSSR count). The number of anilines is 1. The molecule has 0 fully saturated rings. The van der Waals surface area contributed by atoms with E-state index in [-0.39, 0.29) is 5.41 Å². The second-order valence-electron chi connectivity index (χ2n) is 10.2. The van der Waals surface area contributed by atoms with E-state index < -0.39 is 11.9 Å². The van der Waals surface area contributed by atoms with Crippen LogP contribution < -0.4 is 4.90 Å². The van der Waals surface area contributed by atoms with Gasteiger partial charge in [0.2, 0.25) is 0 Å². The molecular formula is C31H43F3N4O. The molecule has 214 valence electrons. The van der Waals surface area contributed by atoms with Gasteiger partial charge < -0.3 is 9.64 Å². The van der Waals surface area contributed by atoms with Gasteiger partial charge in [0, 0.05) is 19.8 Å². The molecule has 0 bridgehead atoms. The normalized spacial score (nSPS) is 14.1. The van der Waals surface area contributed by atoms with Gasteiger partial charge in [0.25, 0.3) is 0 Å². The quantitative estimate of drug-likeness (QED) is 0.0850. The van der Waals surface area contributed by atoms with E-state index in [2.05, 4.69) is 41.2 Å². The highest BCUT2D eigenvalue weighted by molar-refractivity contribution is 5.87. The van der Waals surface area contributed by atoms with E-state index in [9.17, 15) is 18.4 Å². The fourth-order valence-corrected chi connectivity index (χ4v) is 4.31. The van der Waals surface area contributed by atoms with Crippen molar-refractivity contribution in [1.29, 1.82) is 5.26 Å². The Bertz CT molecular complexity index is 1080. The van der Waals surface area contributed by atoms with Crippen molar-refractivity contribution in [2.75, 3.05) is 25.1 Å². The Morgan fingerprint density at radius 1 is 1.18 bits per heavy atom. The number of benzene rings is 1. The average Bonchev–Trinajstić information content (AvgIpc) is 2.88. The third-order valence-corrected chi connectivity index (χ3v) is 6.48. The Kier molecular flexibility index (Phi) is 14.3. The number of nitrogens with zero attached hydrogens (tertiary/aromatic N) is 4. The third-order valence-electron chi connectivity index (χ3n) is 6.48. The predicted molar refractivity (Wildman–Crippen MR) is 157 cm³/mol. The number of nitriles is 1. The molecule has 0 spiro atoms. The van der Waals surface area contributed by atoms with E-state index in [0.717, 1.165) is 68.9 Å². The second kappa shape index (κ2) is 16.6.